The molecule has 0 bridgehead atoms. The van der Waals surface area contributed by atoms with E-state index in [9.17, 15) is 10.1 Å². The second-order valence-electron chi connectivity index (χ2n) is 4.49. The summed E-state index contributed by atoms with van der Waals surface area (Å²) < 4.78 is 4.69. The maximum Gasteiger partial charge on any atom is 0.340 e. The van der Waals surface area contributed by atoms with Gasteiger partial charge in [-0.05, 0) is 30.7 Å². The van der Waals surface area contributed by atoms with Gasteiger partial charge in [0.25, 0.3) is 0 Å². The summed E-state index contributed by atoms with van der Waals surface area (Å²) in [4.78, 5) is 11.6. The number of rotatable bonds is 3. The highest BCUT2D eigenvalue weighted by atomic mass is 16.5. The third kappa shape index (κ3) is 2.79. The Morgan fingerprint density at radius 3 is 2.57 bits per heavy atom. The van der Waals surface area contributed by atoms with Crippen molar-refractivity contribution in [3.63, 3.8) is 0 Å². The van der Waals surface area contributed by atoms with Crippen molar-refractivity contribution in [3.8, 4) is 6.07 Å². The van der Waals surface area contributed by atoms with E-state index < -0.39 is 5.97 Å². The number of nitrogen functional groups attached to an aromatic ring is 1. The van der Waals surface area contributed by atoms with Gasteiger partial charge in [0.1, 0.15) is 6.07 Å². The maximum atomic E-state index is 11.6. The highest BCUT2D eigenvalue weighted by Crippen LogP contribution is 2.29. The Balaban J connectivity index is 2.44. The second-order valence-corrected chi connectivity index (χ2v) is 4.49. The molecule has 21 heavy (non-hydrogen) atoms. The minimum atomic E-state index is -0.499. The first-order chi connectivity index (χ1) is 10.1. The Bertz CT molecular complexity index is 733. The Morgan fingerprint density at radius 2 is 1.90 bits per heavy atom. The first-order valence-electron chi connectivity index (χ1n) is 6.32. The molecule has 0 radical (unpaired) electrons. The lowest BCUT2D eigenvalue weighted by Crippen LogP contribution is -2.08. The summed E-state index contributed by atoms with van der Waals surface area (Å²) in [6, 6.07) is 12.7. The van der Waals surface area contributed by atoms with E-state index in [4.69, 9.17) is 5.73 Å². The number of nitrogens with one attached hydrogen (secondary N) is 1. The van der Waals surface area contributed by atoms with Crippen LogP contribution in [0.25, 0.3) is 0 Å². The van der Waals surface area contributed by atoms with Crippen LogP contribution in [0.15, 0.2) is 36.4 Å². The number of aryl methyl sites for hydroxylation is 1. The fourth-order valence-corrected chi connectivity index (χ4v) is 2.03. The minimum Gasteiger partial charge on any atom is -0.465 e. The molecule has 2 rings (SSSR count). The SMILES string of the molecule is COC(=O)c1cccc(Nc2cccc(C)c2C#N)c1N. The quantitative estimate of drug-likeness (QED) is 0.667. The van der Waals surface area contributed by atoms with Crippen LogP contribution < -0.4 is 11.1 Å². The van der Waals surface area contributed by atoms with Gasteiger partial charge in [0.15, 0.2) is 0 Å². The average Bonchev–Trinajstić information content (AvgIpc) is 2.49. The first kappa shape index (κ1) is 14.4. The molecule has 2 aromatic carbocycles. The highest BCUT2D eigenvalue weighted by molar-refractivity contribution is 5.99. The third-order valence-corrected chi connectivity index (χ3v) is 3.17. The van der Waals surface area contributed by atoms with Gasteiger partial charge in [-0.2, -0.15) is 5.26 Å². The van der Waals surface area contributed by atoms with Crippen LogP contribution in [0, 0.1) is 18.3 Å². The largest absolute Gasteiger partial charge is 0.465 e. The Labute approximate surface area is 123 Å². The normalized spacial score (nSPS) is 9.76. The Kier molecular flexibility index (Phi) is 4.10. The molecule has 0 atom stereocenters. The zero-order valence-electron chi connectivity index (χ0n) is 11.8. The summed E-state index contributed by atoms with van der Waals surface area (Å²) in [6.45, 7) is 1.86. The minimum absolute atomic E-state index is 0.286. The van der Waals surface area contributed by atoms with Crippen molar-refractivity contribution in [2.75, 3.05) is 18.2 Å². The topological polar surface area (TPSA) is 88.1 Å². The van der Waals surface area contributed by atoms with Crippen LogP contribution in [0.4, 0.5) is 17.1 Å². The van der Waals surface area contributed by atoms with Gasteiger partial charge in [0, 0.05) is 0 Å². The Hall–Kier alpha value is -3.00. The molecule has 0 heterocycles. The number of carbonyl (C=O) groups is 1. The van der Waals surface area contributed by atoms with E-state index in [0.29, 0.717) is 16.9 Å². The molecule has 0 unspecified atom stereocenters. The van der Waals surface area contributed by atoms with Crippen molar-refractivity contribution >= 4 is 23.0 Å². The third-order valence-electron chi connectivity index (χ3n) is 3.17. The van der Waals surface area contributed by atoms with Crippen LogP contribution in [0.2, 0.25) is 0 Å². The monoisotopic (exact) mass is 281 g/mol. The van der Waals surface area contributed by atoms with E-state index >= 15 is 0 Å². The van der Waals surface area contributed by atoms with E-state index in [0.717, 1.165) is 5.56 Å². The lowest BCUT2D eigenvalue weighted by Gasteiger charge is -2.13. The summed E-state index contributed by atoms with van der Waals surface area (Å²) in [5.74, 6) is -0.499. The number of nitrogens with two attached hydrogens (primary N) is 1. The zero-order valence-corrected chi connectivity index (χ0v) is 11.8. The number of hydrogen-bond acceptors (Lipinski definition) is 5. The molecule has 0 saturated heterocycles. The van der Waals surface area contributed by atoms with Crippen molar-refractivity contribution in [3.05, 3.63) is 53.1 Å². The fourth-order valence-electron chi connectivity index (χ4n) is 2.03. The van der Waals surface area contributed by atoms with Crippen molar-refractivity contribution in [1.29, 1.82) is 5.26 Å². The molecule has 0 spiro atoms. The summed E-state index contributed by atoms with van der Waals surface area (Å²) in [5.41, 5.74) is 9.17. The average molecular weight is 281 g/mol. The van der Waals surface area contributed by atoms with Crippen molar-refractivity contribution in [1.82, 2.24) is 0 Å². The second kappa shape index (κ2) is 5.97. The smallest absolute Gasteiger partial charge is 0.340 e. The van der Waals surface area contributed by atoms with Gasteiger partial charge >= 0.3 is 5.97 Å². The molecule has 5 heteroatoms. The van der Waals surface area contributed by atoms with E-state index in [2.05, 4.69) is 16.1 Å². The van der Waals surface area contributed by atoms with Gasteiger partial charge in [0.05, 0.1) is 35.3 Å². The number of hydrogen-bond donors (Lipinski definition) is 2. The molecule has 5 nitrogen and oxygen atoms in total. The molecule has 2 aromatic rings. The van der Waals surface area contributed by atoms with Crippen LogP contribution in [0.3, 0.4) is 0 Å². The van der Waals surface area contributed by atoms with Crippen LogP contribution in [0.5, 0.6) is 0 Å². The lowest BCUT2D eigenvalue weighted by molar-refractivity contribution is 0.0602. The fraction of sp³-hybridized carbons (Fsp3) is 0.125. The number of benzene rings is 2. The number of esters is 1. The van der Waals surface area contributed by atoms with Crippen LogP contribution in [-0.4, -0.2) is 13.1 Å². The number of nitrogens with zero attached hydrogens (tertiary/aromatic N) is 1. The summed E-state index contributed by atoms with van der Waals surface area (Å²) in [5, 5.41) is 12.3. The van der Waals surface area contributed by atoms with Gasteiger partial charge in [-0.15, -0.1) is 0 Å². The van der Waals surface area contributed by atoms with E-state index in [1.54, 1.807) is 24.3 Å². The van der Waals surface area contributed by atoms with Gasteiger partial charge in [-0.25, -0.2) is 4.79 Å². The standard InChI is InChI=1S/C16H15N3O2/c1-10-5-3-7-13(12(10)9-17)19-14-8-4-6-11(15(14)18)16(20)21-2/h3-8,19H,18H2,1-2H3. The summed E-state index contributed by atoms with van der Waals surface area (Å²) >= 11 is 0. The predicted molar refractivity (Wildman–Crippen MR) is 81.4 cm³/mol. The van der Waals surface area contributed by atoms with Crippen LogP contribution in [0.1, 0.15) is 21.5 Å². The molecule has 0 aliphatic carbocycles. The molecule has 0 saturated carbocycles. The molecule has 3 N–H and O–H groups in total. The highest BCUT2D eigenvalue weighted by Gasteiger charge is 2.14. The lowest BCUT2D eigenvalue weighted by atomic mass is 10.1. The van der Waals surface area contributed by atoms with E-state index in [1.807, 2.05) is 19.1 Å². The molecule has 0 fully saturated rings. The first-order valence-corrected chi connectivity index (χ1v) is 6.32. The van der Waals surface area contributed by atoms with Gasteiger partial charge in [-0.3, -0.25) is 0 Å². The molecular weight excluding hydrogens is 266 g/mol. The number of para-hydroxylation sites is 1. The van der Waals surface area contributed by atoms with E-state index in [-0.39, 0.29) is 11.3 Å². The zero-order chi connectivity index (χ0) is 15.4. The molecule has 0 amide bonds. The summed E-state index contributed by atoms with van der Waals surface area (Å²) in [6.07, 6.45) is 0. The Morgan fingerprint density at radius 1 is 1.24 bits per heavy atom. The van der Waals surface area contributed by atoms with Crippen molar-refractivity contribution < 1.29 is 9.53 Å². The van der Waals surface area contributed by atoms with E-state index in [1.165, 1.54) is 7.11 Å². The maximum absolute atomic E-state index is 11.6. The molecular formula is C16H15N3O2. The molecule has 106 valence electrons. The number of carbonyl (C=O) groups excluding carboxylic acids is 1. The molecule has 0 aliphatic heterocycles. The van der Waals surface area contributed by atoms with Crippen LogP contribution >= 0.6 is 0 Å². The van der Waals surface area contributed by atoms with Gasteiger partial charge < -0.3 is 15.8 Å². The van der Waals surface area contributed by atoms with Gasteiger partial charge in [-0.1, -0.05) is 18.2 Å². The predicted octanol–water partition coefficient (Wildman–Crippen LogP) is 2.98. The summed E-state index contributed by atoms with van der Waals surface area (Å²) in [7, 11) is 1.30. The number of nitriles is 1. The molecule has 0 aliphatic rings. The number of anilines is 3. The number of ether oxygens (including phenoxy) is 1. The van der Waals surface area contributed by atoms with Crippen molar-refractivity contribution in [2.24, 2.45) is 0 Å². The van der Waals surface area contributed by atoms with Crippen LogP contribution in [-0.2, 0) is 4.74 Å². The van der Waals surface area contributed by atoms with Gasteiger partial charge in [0.2, 0.25) is 0 Å². The van der Waals surface area contributed by atoms with Crippen molar-refractivity contribution in [2.45, 2.75) is 6.92 Å². The molecule has 0 aromatic heterocycles. The number of methoxy groups -OCH3 is 1.